The SMILES string of the molecule is Cn1cncc1-c1c(C#N)c(N)nc2c1N1CCC2CC1. The highest BCUT2D eigenvalue weighted by Crippen LogP contribution is 2.48. The fourth-order valence-electron chi connectivity index (χ4n) is 3.56. The Morgan fingerprint density at radius 3 is 2.76 bits per heavy atom. The number of hydrogen-bond acceptors (Lipinski definition) is 5. The summed E-state index contributed by atoms with van der Waals surface area (Å²) in [7, 11) is 1.93. The molecule has 0 spiro atoms. The molecule has 0 aliphatic carbocycles. The molecule has 6 heteroatoms. The summed E-state index contributed by atoms with van der Waals surface area (Å²) >= 11 is 0. The molecule has 3 aliphatic heterocycles. The predicted molar refractivity (Wildman–Crippen MR) is 79.8 cm³/mol. The normalized spacial score (nSPS) is 16.9. The number of nitrogen functional groups attached to an aromatic ring is 1. The van der Waals surface area contributed by atoms with Crippen LogP contribution in [0.2, 0.25) is 0 Å². The van der Waals surface area contributed by atoms with Crippen molar-refractivity contribution in [1.82, 2.24) is 14.5 Å². The van der Waals surface area contributed by atoms with Crippen LogP contribution in [0.4, 0.5) is 11.5 Å². The number of pyridine rings is 1. The van der Waals surface area contributed by atoms with Gasteiger partial charge in [-0.2, -0.15) is 5.26 Å². The molecule has 0 saturated carbocycles. The van der Waals surface area contributed by atoms with E-state index in [1.54, 1.807) is 12.5 Å². The van der Waals surface area contributed by atoms with Gasteiger partial charge in [0.05, 0.1) is 29.6 Å². The van der Waals surface area contributed by atoms with Gasteiger partial charge in [0.2, 0.25) is 0 Å². The smallest absolute Gasteiger partial charge is 0.142 e. The van der Waals surface area contributed by atoms with Crippen molar-refractivity contribution >= 4 is 11.5 Å². The average molecular weight is 280 g/mol. The molecule has 2 aromatic heterocycles. The number of hydrogen-bond donors (Lipinski definition) is 1. The van der Waals surface area contributed by atoms with Crippen LogP contribution in [0, 0.1) is 11.3 Å². The summed E-state index contributed by atoms with van der Waals surface area (Å²) in [5.74, 6) is 0.799. The second kappa shape index (κ2) is 4.22. The number of imidazole rings is 1. The summed E-state index contributed by atoms with van der Waals surface area (Å²) < 4.78 is 1.93. The van der Waals surface area contributed by atoms with Gasteiger partial charge in [-0.05, 0) is 12.8 Å². The molecule has 0 aromatic carbocycles. The molecule has 0 amide bonds. The Bertz CT molecular complexity index is 761. The van der Waals surface area contributed by atoms with Gasteiger partial charge in [-0.25, -0.2) is 9.97 Å². The van der Waals surface area contributed by atoms with Crippen molar-refractivity contribution in [2.24, 2.45) is 7.05 Å². The summed E-state index contributed by atoms with van der Waals surface area (Å²) in [6.45, 7) is 2.05. The van der Waals surface area contributed by atoms with Crippen LogP contribution in [0.3, 0.4) is 0 Å². The van der Waals surface area contributed by atoms with Crippen molar-refractivity contribution in [1.29, 1.82) is 5.26 Å². The van der Waals surface area contributed by atoms with E-state index in [-0.39, 0.29) is 0 Å². The van der Waals surface area contributed by atoms with E-state index >= 15 is 0 Å². The van der Waals surface area contributed by atoms with E-state index in [1.165, 1.54) is 0 Å². The number of anilines is 2. The van der Waals surface area contributed by atoms with E-state index in [0.717, 1.165) is 48.6 Å². The van der Waals surface area contributed by atoms with Crippen LogP contribution in [0.25, 0.3) is 11.3 Å². The number of piperidine rings is 1. The number of fused-ring (bicyclic) bond motifs is 2. The third-order valence-electron chi connectivity index (χ3n) is 4.61. The zero-order valence-electron chi connectivity index (χ0n) is 11.9. The number of aromatic nitrogens is 3. The number of rotatable bonds is 1. The van der Waals surface area contributed by atoms with E-state index < -0.39 is 0 Å². The molecule has 106 valence electrons. The summed E-state index contributed by atoms with van der Waals surface area (Å²) in [4.78, 5) is 11.1. The van der Waals surface area contributed by atoms with Crippen molar-refractivity contribution in [3.8, 4) is 17.3 Å². The first-order valence-electron chi connectivity index (χ1n) is 7.15. The van der Waals surface area contributed by atoms with Gasteiger partial charge in [0.1, 0.15) is 17.5 Å². The van der Waals surface area contributed by atoms with E-state index in [0.29, 0.717) is 17.3 Å². The van der Waals surface area contributed by atoms with Crippen molar-refractivity contribution in [3.05, 3.63) is 23.8 Å². The summed E-state index contributed by atoms with van der Waals surface area (Å²) in [6.07, 6.45) is 5.78. The van der Waals surface area contributed by atoms with Crippen LogP contribution >= 0.6 is 0 Å². The third kappa shape index (κ3) is 1.57. The highest BCUT2D eigenvalue weighted by atomic mass is 15.2. The van der Waals surface area contributed by atoms with Crippen LogP contribution in [-0.4, -0.2) is 27.6 Å². The molecule has 2 aromatic rings. The standard InChI is InChI=1S/C15H16N6/c1-20-8-18-7-11(20)12-10(6-16)15(17)19-13-9-2-4-21(5-3-9)14(12)13/h7-9H,2-5H2,1H3,(H2,17,19). The molecule has 1 fully saturated rings. The lowest BCUT2D eigenvalue weighted by atomic mass is 9.83. The monoisotopic (exact) mass is 280 g/mol. The van der Waals surface area contributed by atoms with Crippen molar-refractivity contribution < 1.29 is 0 Å². The molecular formula is C15H16N6. The average Bonchev–Trinajstić information content (AvgIpc) is 2.92. The largest absolute Gasteiger partial charge is 0.383 e. The van der Waals surface area contributed by atoms with Crippen LogP contribution < -0.4 is 10.6 Å². The minimum absolute atomic E-state index is 0.334. The molecule has 6 nitrogen and oxygen atoms in total. The molecule has 0 unspecified atom stereocenters. The van der Waals surface area contributed by atoms with Crippen LogP contribution in [0.15, 0.2) is 12.5 Å². The molecule has 1 saturated heterocycles. The van der Waals surface area contributed by atoms with Crippen LogP contribution in [-0.2, 0) is 7.05 Å². The first-order chi connectivity index (χ1) is 10.2. The zero-order valence-corrected chi connectivity index (χ0v) is 11.9. The fourth-order valence-corrected chi connectivity index (χ4v) is 3.56. The number of aryl methyl sites for hydroxylation is 1. The van der Waals surface area contributed by atoms with Crippen LogP contribution in [0.5, 0.6) is 0 Å². The third-order valence-corrected chi connectivity index (χ3v) is 4.61. The first-order valence-corrected chi connectivity index (χ1v) is 7.15. The zero-order chi connectivity index (χ0) is 14.6. The van der Waals surface area contributed by atoms with E-state index in [1.807, 2.05) is 11.6 Å². The van der Waals surface area contributed by atoms with Crippen LogP contribution in [0.1, 0.15) is 30.0 Å². The van der Waals surface area contributed by atoms with Gasteiger partial charge < -0.3 is 15.2 Å². The molecule has 5 heterocycles. The van der Waals surface area contributed by atoms with Crippen molar-refractivity contribution in [3.63, 3.8) is 0 Å². The number of nitrogens with two attached hydrogens (primary N) is 1. The molecule has 2 bridgehead atoms. The Morgan fingerprint density at radius 1 is 1.38 bits per heavy atom. The van der Waals surface area contributed by atoms with Gasteiger partial charge in [-0.3, -0.25) is 0 Å². The second-order valence-electron chi connectivity index (χ2n) is 5.74. The minimum atomic E-state index is 0.334. The quantitative estimate of drug-likeness (QED) is 0.858. The predicted octanol–water partition coefficient (Wildman–Crippen LogP) is 1.63. The summed E-state index contributed by atoms with van der Waals surface area (Å²) in [6, 6.07) is 2.23. The molecule has 21 heavy (non-hydrogen) atoms. The second-order valence-corrected chi connectivity index (χ2v) is 5.74. The fraction of sp³-hybridized carbons (Fsp3) is 0.400. The van der Waals surface area contributed by atoms with Gasteiger partial charge in [0.15, 0.2) is 0 Å². The molecule has 5 rings (SSSR count). The van der Waals surface area contributed by atoms with Crippen molar-refractivity contribution in [2.75, 3.05) is 23.7 Å². The maximum absolute atomic E-state index is 9.54. The van der Waals surface area contributed by atoms with E-state index in [2.05, 4.69) is 20.9 Å². The lowest BCUT2D eigenvalue weighted by Crippen LogP contribution is -2.40. The minimum Gasteiger partial charge on any atom is -0.383 e. The Kier molecular flexibility index (Phi) is 2.45. The van der Waals surface area contributed by atoms with Gasteiger partial charge in [-0.1, -0.05) is 0 Å². The molecule has 0 atom stereocenters. The highest BCUT2D eigenvalue weighted by molar-refractivity contribution is 5.87. The van der Waals surface area contributed by atoms with Gasteiger partial charge in [0, 0.05) is 31.6 Å². The number of nitrogens with zero attached hydrogens (tertiary/aromatic N) is 5. The van der Waals surface area contributed by atoms with E-state index in [9.17, 15) is 5.26 Å². The Morgan fingerprint density at radius 2 is 2.14 bits per heavy atom. The molecular weight excluding hydrogens is 264 g/mol. The lowest BCUT2D eigenvalue weighted by molar-refractivity contribution is 0.465. The Balaban J connectivity index is 2.09. The maximum atomic E-state index is 9.54. The topological polar surface area (TPSA) is 83.8 Å². The Hall–Kier alpha value is -2.55. The first kappa shape index (κ1) is 12.2. The van der Waals surface area contributed by atoms with Gasteiger partial charge in [0.25, 0.3) is 0 Å². The lowest BCUT2D eigenvalue weighted by Gasteiger charge is -2.42. The van der Waals surface area contributed by atoms with E-state index in [4.69, 9.17) is 5.73 Å². The molecule has 0 radical (unpaired) electrons. The van der Waals surface area contributed by atoms with Crippen molar-refractivity contribution in [2.45, 2.75) is 18.8 Å². The summed E-state index contributed by atoms with van der Waals surface area (Å²) in [5, 5.41) is 9.54. The molecule has 2 N–H and O–H groups in total. The van der Waals surface area contributed by atoms with Gasteiger partial charge >= 0.3 is 0 Å². The maximum Gasteiger partial charge on any atom is 0.142 e. The molecule has 3 aliphatic rings. The Labute approximate surface area is 122 Å². The highest BCUT2D eigenvalue weighted by Gasteiger charge is 2.36. The number of nitriles is 1. The summed E-state index contributed by atoms with van der Waals surface area (Å²) in [5.41, 5.74) is 10.5. The van der Waals surface area contributed by atoms with Gasteiger partial charge in [-0.15, -0.1) is 0 Å².